The molecular formula is C19H19F6N3O. The van der Waals surface area contributed by atoms with E-state index in [0.29, 0.717) is 11.0 Å². The topological polar surface area (TPSA) is 47.3 Å². The fourth-order valence-corrected chi connectivity index (χ4v) is 2.65. The van der Waals surface area contributed by atoms with Crippen LogP contribution in [0.5, 0.6) is 0 Å². The number of hydrogen-bond acceptors (Lipinski definition) is 3. The van der Waals surface area contributed by atoms with Crippen molar-refractivity contribution in [3.8, 4) is 6.07 Å². The molecule has 0 heterocycles. The second-order valence-corrected chi connectivity index (χ2v) is 6.08. The highest BCUT2D eigenvalue weighted by molar-refractivity contribution is 5.85. The predicted molar refractivity (Wildman–Crippen MR) is 96.0 cm³/mol. The second-order valence-electron chi connectivity index (χ2n) is 6.08. The number of nitriles is 1. The molecule has 0 unspecified atom stereocenters. The molecule has 0 aromatic heterocycles. The van der Waals surface area contributed by atoms with Gasteiger partial charge in [-0.1, -0.05) is 12.2 Å². The number of rotatable bonds is 8. The molecule has 0 N–H and O–H groups in total. The van der Waals surface area contributed by atoms with E-state index in [1.807, 2.05) is 0 Å². The fraction of sp³-hybridized carbons (Fsp3) is 0.368. The molecule has 1 rings (SSSR count). The number of carbonyl (C=O) groups is 1. The summed E-state index contributed by atoms with van der Waals surface area (Å²) in [6.07, 6.45) is -7.00. The fourth-order valence-electron chi connectivity index (χ4n) is 2.65. The quantitative estimate of drug-likeness (QED) is 0.459. The first-order valence-corrected chi connectivity index (χ1v) is 8.31. The van der Waals surface area contributed by atoms with E-state index in [9.17, 15) is 31.1 Å². The molecule has 0 saturated carbocycles. The average molecular weight is 419 g/mol. The summed E-state index contributed by atoms with van der Waals surface area (Å²) in [6.45, 7) is 6.49. The number of hydrogen-bond donors (Lipinski definition) is 0. The van der Waals surface area contributed by atoms with Gasteiger partial charge in [0.15, 0.2) is 0 Å². The summed E-state index contributed by atoms with van der Waals surface area (Å²) in [5.74, 6) is -0.744. The van der Waals surface area contributed by atoms with E-state index in [-0.39, 0.29) is 13.1 Å². The maximum absolute atomic E-state index is 13.2. The standard InChI is InChI=1S/C19H19F6N3O/c1-4-8-27(9-5-2)17(29)13(3)28(12-18(20,21)22)15-7-6-14(11-26)16(10-15)19(23,24)25/h4-7,10,13H,1-2,8-9,12H2,3H3/t13-/m0/s1. The Labute approximate surface area is 164 Å². The predicted octanol–water partition coefficient (Wildman–Crippen LogP) is 4.53. The van der Waals surface area contributed by atoms with E-state index >= 15 is 0 Å². The molecule has 1 amide bonds. The van der Waals surface area contributed by atoms with E-state index in [1.54, 1.807) is 0 Å². The lowest BCUT2D eigenvalue weighted by atomic mass is 10.1. The van der Waals surface area contributed by atoms with Crippen molar-refractivity contribution in [2.45, 2.75) is 25.3 Å². The van der Waals surface area contributed by atoms with Crippen LogP contribution in [0.25, 0.3) is 0 Å². The smallest absolute Gasteiger partial charge is 0.351 e. The highest BCUT2D eigenvalue weighted by Gasteiger charge is 2.38. The van der Waals surface area contributed by atoms with Crippen molar-refractivity contribution < 1.29 is 31.1 Å². The van der Waals surface area contributed by atoms with Gasteiger partial charge in [-0.3, -0.25) is 4.79 Å². The third-order valence-corrected chi connectivity index (χ3v) is 3.95. The molecule has 10 heteroatoms. The summed E-state index contributed by atoms with van der Waals surface area (Å²) in [7, 11) is 0. The minimum atomic E-state index is -4.95. The maximum Gasteiger partial charge on any atom is 0.417 e. The molecule has 0 saturated heterocycles. The molecule has 0 aliphatic heterocycles. The molecule has 0 spiro atoms. The molecule has 0 radical (unpaired) electrons. The molecule has 1 aromatic rings. The molecule has 0 aliphatic rings. The number of anilines is 1. The van der Waals surface area contributed by atoms with Gasteiger partial charge in [-0.05, 0) is 25.1 Å². The van der Waals surface area contributed by atoms with Gasteiger partial charge < -0.3 is 9.80 Å². The Morgan fingerprint density at radius 3 is 2.14 bits per heavy atom. The van der Waals surface area contributed by atoms with Crippen molar-refractivity contribution in [2.24, 2.45) is 0 Å². The van der Waals surface area contributed by atoms with Crippen LogP contribution in [-0.4, -0.2) is 42.7 Å². The van der Waals surface area contributed by atoms with Gasteiger partial charge in [0.1, 0.15) is 12.6 Å². The molecular weight excluding hydrogens is 400 g/mol. The minimum absolute atomic E-state index is 0.0240. The molecule has 29 heavy (non-hydrogen) atoms. The first kappa shape index (κ1) is 24.1. The van der Waals surface area contributed by atoms with Crippen LogP contribution >= 0.6 is 0 Å². The van der Waals surface area contributed by atoms with Crippen molar-refractivity contribution in [3.63, 3.8) is 0 Å². The van der Waals surface area contributed by atoms with E-state index in [4.69, 9.17) is 5.26 Å². The number of nitrogens with zero attached hydrogens (tertiary/aromatic N) is 3. The van der Waals surface area contributed by atoms with Crippen molar-refractivity contribution in [1.29, 1.82) is 5.26 Å². The zero-order chi connectivity index (χ0) is 22.4. The van der Waals surface area contributed by atoms with Crippen molar-refractivity contribution in [3.05, 3.63) is 54.6 Å². The summed E-state index contributed by atoms with van der Waals surface area (Å²) >= 11 is 0. The molecule has 1 aromatic carbocycles. The van der Waals surface area contributed by atoms with Gasteiger partial charge in [-0.2, -0.15) is 31.6 Å². The molecule has 158 valence electrons. The summed E-state index contributed by atoms with van der Waals surface area (Å²) < 4.78 is 79.0. The lowest BCUT2D eigenvalue weighted by molar-refractivity contribution is -0.137. The highest BCUT2D eigenvalue weighted by Crippen LogP contribution is 2.35. The second kappa shape index (κ2) is 9.49. The van der Waals surface area contributed by atoms with E-state index < -0.39 is 47.7 Å². The monoisotopic (exact) mass is 419 g/mol. The number of benzene rings is 1. The number of carbonyl (C=O) groups excluding carboxylic acids is 1. The van der Waals surface area contributed by atoms with E-state index in [0.717, 1.165) is 12.1 Å². The van der Waals surface area contributed by atoms with Crippen LogP contribution < -0.4 is 4.90 Å². The Kier molecular flexibility index (Phi) is 7.88. The summed E-state index contributed by atoms with van der Waals surface area (Å²) in [5, 5.41) is 8.86. The van der Waals surface area contributed by atoms with Crippen molar-refractivity contribution in [1.82, 2.24) is 4.90 Å². The number of amides is 1. The SMILES string of the molecule is C=CCN(CC=C)C(=O)[C@H](C)N(CC(F)(F)F)c1ccc(C#N)c(C(F)(F)F)c1. The van der Waals surface area contributed by atoms with Gasteiger partial charge in [-0.25, -0.2) is 0 Å². The lowest BCUT2D eigenvalue weighted by Gasteiger charge is -2.34. The Bertz CT molecular complexity index is 785. The maximum atomic E-state index is 13.2. The van der Waals surface area contributed by atoms with Gasteiger partial charge in [0.05, 0.1) is 17.2 Å². The van der Waals surface area contributed by atoms with Crippen molar-refractivity contribution in [2.75, 3.05) is 24.5 Å². The Morgan fingerprint density at radius 1 is 1.17 bits per heavy atom. The highest BCUT2D eigenvalue weighted by atomic mass is 19.4. The zero-order valence-corrected chi connectivity index (χ0v) is 15.5. The third-order valence-electron chi connectivity index (χ3n) is 3.95. The van der Waals surface area contributed by atoms with E-state index in [2.05, 4.69) is 13.2 Å². The van der Waals surface area contributed by atoms with Crippen LogP contribution in [0.3, 0.4) is 0 Å². The van der Waals surface area contributed by atoms with Crippen LogP contribution in [0.1, 0.15) is 18.1 Å². The first-order chi connectivity index (χ1) is 13.4. The van der Waals surface area contributed by atoms with Gasteiger partial charge in [0, 0.05) is 18.8 Å². The average Bonchev–Trinajstić information content (AvgIpc) is 2.63. The zero-order valence-electron chi connectivity index (χ0n) is 15.5. The van der Waals surface area contributed by atoms with Crippen LogP contribution in [0, 0.1) is 11.3 Å². The Balaban J connectivity index is 3.46. The largest absolute Gasteiger partial charge is 0.417 e. The van der Waals surface area contributed by atoms with Crippen LogP contribution in [0.4, 0.5) is 32.0 Å². The van der Waals surface area contributed by atoms with Crippen molar-refractivity contribution >= 4 is 11.6 Å². The summed E-state index contributed by atoms with van der Waals surface area (Å²) in [4.78, 5) is 14.4. The summed E-state index contributed by atoms with van der Waals surface area (Å²) in [5.41, 5.74) is -2.59. The Morgan fingerprint density at radius 2 is 1.72 bits per heavy atom. The summed E-state index contributed by atoms with van der Waals surface area (Å²) in [6, 6.07) is 2.10. The van der Waals surface area contributed by atoms with E-state index in [1.165, 1.54) is 30.0 Å². The van der Waals surface area contributed by atoms with Crippen LogP contribution in [0.15, 0.2) is 43.5 Å². The molecule has 4 nitrogen and oxygen atoms in total. The normalized spacial score (nSPS) is 12.6. The molecule has 0 aliphatic carbocycles. The Hall–Kier alpha value is -2.96. The van der Waals surface area contributed by atoms with Crippen LogP contribution in [-0.2, 0) is 11.0 Å². The van der Waals surface area contributed by atoms with Gasteiger partial charge in [0.2, 0.25) is 5.91 Å². The molecule has 1 atom stereocenters. The van der Waals surface area contributed by atoms with Gasteiger partial charge in [-0.15, -0.1) is 13.2 Å². The molecule has 0 fully saturated rings. The first-order valence-electron chi connectivity index (χ1n) is 8.31. The third kappa shape index (κ3) is 6.55. The number of halogens is 6. The minimum Gasteiger partial charge on any atom is -0.351 e. The lowest BCUT2D eigenvalue weighted by Crippen LogP contribution is -2.50. The van der Waals surface area contributed by atoms with Crippen LogP contribution in [0.2, 0.25) is 0 Å². The number of alkyl halides is 6. The van der Waals surface area contributed by atoms with Gasteiger partial charge in [0.25, 0.3) is 0 Å². The molecule has 0 bridgehead atoms. The van der Waals surface area contributed by atoms with Gasteiger partial charge >= 0.3 is 12.4 Å².